The highest BCUT2D eigenvalue weighted by Crippen LogP contribution is 2.43. The first kappa shape index (κ1) is 8.33. The molecule has 0 saturated heterocycles. The Labute approximate surface area is 67.2 Å². The minimum absolute atomic E-state index is 0.493. The summed E-state index contributed by atoms with van der Waals surface area (Å²) in [5.74, 6) is 5.85. The molecule has 0 aromatic carbocycles. The van der Waals surface area contributed by atoms with E-state index in [1.54, 1.807) is 7.05 Å². The Morgan fingerprint density at radius 3 is 2.64 bits per heavy atom. The summed E-state index contributed by atoms with van der Waals surface area (Å²) in [5.41, 5.74) is 2.98. The van der Waals surface area contributed by atoms with Gasteiger partial charge in [0, 0.05) is 13.6 Å². The Morgan fingerprint density at radius 1 is 1.64 bits per heavy atom. The van der Waals surface area contributed by atoms with Gasteiger partial charge in [-0.15, -0.1) is 0 Å². The van der Waals surface area contributed by atoms with Gasteiger partial charge in [0.05, 0.1) is 0 Å². The Bertz CT molecular complexity index is 160. The van der Waals surface area contributed by atoms with Crippen molar-refractivity contribution in [3.63, 3.8) is 0 Å². The summed E-state index contributed by atoms with van der Waals surface area (Å²) in [7, 11) is 1.71. The van der Waals surface area contributed by atoms with Crippen LogP contribution < -0.4 is 16.6 Å². The predicted molar refractivity (Wildman–Crippen MR) is 46.0 cm³/mol. The summed E-state index contributed by atoms with van der Waals surface area (Å²) >= 11 is 0. The first-order valence-electron chi connectivity index (χ1n) is 3.87. The molecule has 0 aliphatic heterocycles. The van der Waals surface area contributed by atoms with E-state index >= 15 is 0 Å². The second kappa shape index (κ2) is 3.09. The fourth-order valence-corrected chi connectivity index (χ4v) is 0.882. The third kappa shape index (κ3) is 2.38. The summed E-state index contributed by atoms with van der Waals surface area (Å²) in [6.07, 6.45) is 2.61. The molecule has 0 aromatic heterocycles. The molecule has 1 fully saturated rings. The summed E-state index contributed by atoms with van der Waals surface area (Å²) < 4.78 is 0. The summed E-state index contributed by atoms with van der Waals surface area (Å²) in [6.45, 7) is 3.22. The van der Waals surface area contributed by atoms with E-state index in [9.17, 15) is 0 Å². The molecule has 0 radical (unpaired) electrons. The van der Waals surface area contributed by atoms with Crippen LogP contribution in [0.3, 0.4) is 0 Å². The first-order valence-corrected chi connectivity index (χ1v) is 3.87. The van der Waals surface area contributed by atoms with Crippen molar-refractivity contribution in [3.05, 3.63) is 0 Å². The van der Waals surface area contributed by atoms with E-state index in [2.05, 4.69) is 22.7 Å². The standard InChI is InChI=1S/C7H16N4/c1-7(3-4-7)5-10-6(9-2)11-8/h3-5,8H2,1-2H3,(H2,9,10,11). The van der Waals surface area contributed by atoms with Gasteiger partial charge in [0.25, 0.3) is 0 Å². The lowest BCUT2D eigenvalue weighted by atomic mass is 10.1. The molecule has 0 aromatic rings. The van der Waals surface area contributed by atoms with Crippen LogP contribution in [0.4, 0.5) is 0 Å². The smallest absolute Gasteiger partial charge is 0.205 e. The van der Waals surface area contributed by atoms with Gasteiger partial charge >= 0.3 is 0 Å². The Kier molecular flexibility index (Phi) is 2.34. The zero-order valence-corrected chi connectivity index (χ0v) is 7.15. The minimum atomic E-state index is 0.493. The number of rotatable bonds is 2. The van der Waals surface area contributed by atoms with E-state index in [0.29, 0.717) is 11.4 Å². The monoisotopic (exact) mass is 156 g/mol. The molecule has 0 heterocycles. The van der Waals surface area contributed by atoms with Crippen LogP contribution in [0.2, 0.25) is 0 Å². The van der Waals surface area contributed by atoms with Crippen LogP contribution >= 0.6 is 0 Å². The lowest BCUT2D eigenvalue weighted by molar-refractivity contribution is 0.550. The predicted octanol–water partition coefficient (Wildman–Crippen LogP) is -0.175. The summed E-state index contributed by atoms with van der Waals surface area (Å²) in [6, 6.07) is 0. The Morgan fingerprint density at radius 2 is 2.27 bits per heavy atom. The molecule has 1 rings (SSSR count). The molecule has 1 aliphatic rings. The van der Waals surface area contributed by atoms with Gasteiger partial charge in [0.15, 0.2) is 0 Å². The average molecular weight is 156 g/mol. The second-order valence-electron chi connectivity index (χ2n) is 3.38. The maximum atomic E-state index is 5.19. The largest absolute Gasteiger partial charge is 0.355 e. The van der Waals surface area contributed by atoms with Gasteiger partial charge in [-0.3, -0.25) is 10.4 Å². The number of aliphatic imine (C=N–C) groups is 1. The minimum Gasteiger partial charge on any atom is -0.355 e. The van der Waals surface area contributed by atoms with Crippen LogP contribution in [-0.4, -0.2) is 19.6 Å². The van der Waals surface area contributed by atoms with Crippen LogP contribution in [0, 0.1) is 5.41 Å². The third-order valence-corrected chi connectivity index (χ3v) is 2.15. The molecule has 1 aliphatic carbocycles. The van der Waals surface area contributed by atoms with E-state index in [0.717, 1.165) is 6.54 Å². The summed E-state index contributed by atoms with van der Waals surface area (Å²) in [5, 5.41) is 3.14. The van der Waals surface area contributed by atoms with E-state index in [1.807, 2.05) is 0 Å². The molecule has 4 N–H and O–H groups in total. The Balaban J connectivity index is 2.20. The van der Waals surface area contributed by atoms with Gasteiger partial charge in [-0.25, -0.2) is 5.84 Å². The average Bonchev–Trinajstić information content (AvgIpc) is 2.71. The molecule has 0 unspecified atom stereocenters. The van der Waals surface area contributed by atoms with Crippen molar-refractivity contribution in [3.8, 4) is 0 Å². The highest BCUT2D eigenvalue weighted by molar-refractivity contribution is 5.78. The Hall–Kier alpha value is -0.770. The molecule has 4 heteroatoms. The van der Waals surface area contributed by atoms with E-state index < -0.39 is 0 Å². The fraction of sp³-hybridized carbons (Fsp3) is 0.857. The molecular weight excluding hydrogens is 140 g/mol. The van der Waals surface area contributed by atoms with Crippen molar-refractivity contribution < 1.29 is 0 Å². The number of nitrogens with one attached hydrogen (secondary N) is 2. The normalized spacial score (nSPS) is 21.2. The number of guanidine groups is 1. The fourth-order valence-electron chi connectivity index (χ4n) is 0.882. The number of hydrogen-bond acceptors (Lipinski definition) is 2. The van der Waals surface area contributed by atoms with Crippen LogP contribution in [0.25, 0.3) is 0 Å². The molecule has 0 amide bonds. The molecule has 1 saturated carbocycles. The van der Waals surface area contributed by atoms with Crippen molar-refractivity contribution >= 4 is 5.96 Å². The van der Waals surface area contributed by atoms with Gasteiger partial charge in [0.2, 0.25) is 5.96 Å². The molecule has 0 spiro atoms. The lowest BCUT2D eigenvalue weighted by Gasteiger charge is -2.11. The van der Waals surface area contributed by atoms with Crippen molar-refractivity contribution in [2.45, 2.75) is 19.8 Å². The maximum absolute atomic E-state index is 5.19. The van der Waals surface area contributed by atoms with Gasteiger partial charge in [-0.05, 0) is 18.3 Å². The van der Waals surface area contributed by atoms with Gasteiger partial charge in [-0.2, -0.15) is 0 Å². The van der Waals surface area contributed by atoms with Crippen molar-refractivity contribution in [2.75, 3.05) is 13.6 Å². The quantitative estimate of drug-likeness (QED) is 0.225. The number of nitrogens with two attached hydrogens (primary N) is 1. The number of hydrogen-bond donors (Lipinski definition) is 3. The molecule has 64 valence electrons. The van der Waals surface area contributed by atoms with E-state index in [-0.39, 0.29) is 0 Å². The number of hydrazine groups is 1. The zero-order chi connectivity index (χ0) is 8.32. The van der Waals surface area contributed by atoms with Crippen molar-refractivity contribution in [1.29, 1.82) is 0 Å². The van der Waals surface area contributed by atoms with Crippen LogP contribution in [0.15, 0.2) is 4.99 Å². The molecular formula is C7H16N4. The lowest BCUT2D eigenvalue weighted by Crippen LogP contribution is -2.43. The van der Waals surface area contributed by atoms with Crippen LogP contribution in [0.5, 0.6) is 0 Å². The van der Waals surface area contributed by atoms with Gasteiger partial charge in [-0.1, -0.05) is 6.92 Å². The SMILES string of the molecule is CN=C(NN)NCC1(C)CC1. The van der Waals surface area contributed by atoms with Crippen molar-refractivity contribution in [1.82, 2.24) is 10.7 Å². The van der Waals surface area contributed by atoms with E-state index in [1.165, 1.54) is 12.8 Å². The first-order chi connectivity index (χ1) is 5.20. The number of nitrogens with zero attached hydrogens (tertiary/aromatic N) is 1. The maximum Gasteiger partial charge on any atom is 0.205 e. The topological polar surface area (TPSA) is 62.4 Å². The van der Waals surface area contributed by atoms with E-state index in [4.69, 9.17) is 5.84 Å². The van der Waals surface area contributed by atoms with Gasteiger partial charge in [0.1, 0.15) is 0 Å². The molecule has 11 heavy (non-hydrogen) atoms. The third-order valence-electron chi connectivity index (χ3n) is 2.15. The second-order valence-corrected chi connectivity index (χ2v) is 3.38. The van der Waals surface area contributed by atoms with Crippen LogP contribution in [-0.2, 0) is 0 Å². The highest BCUT2D eigenvalue weighted by Gasteiger charge is 2.36. The zero-order valence-electron chi connectivity index (χ0n) is 7.15. The molecule has 4 nitrogen and oxygen atoms in total. The van der Waals surface area contributed by atoms with Crippen LogP contribution in [0.1, 0.15) is 19.8 Å². The van der Waals surface area contributed by atoms with Gasteiger partial charge < -0.3 is 5.32 Å². The molecule has 0 bridgehead atoms. The highest BCUT2D eigenvalue weighted by atomic mass is 15.3. The van der Waals surface area contributed by atoms with Crippen molar-refractivity contribution in [2.24, 2.45) is 16.3 Å². The summed E-state index contributed by atoms with van der Waals surface area (Å²) in [4.78, 5) is 3.91. The molecule has 0 atom stereocenters.